The molecule has 1 atom stereocenters. The third-order valence-electron chi connectivity index (χ3n) is 2.88. The fourth-order valence-corrected chi connectivity index (χ4v) is 2.14. The van der Waals surface area contributed by atoms with Gasteiger partial charge < -0.3 is 15.0 Å². The van der Waals surface area contributed by atoms with Crippen LogP contribution < -0.4 is 10.9 Å². The summed E-state index contributed by atoms with van der Waals surface area (Å²) in [5, 5.41) is 3.20. The molecular formula is C15H12Cl2N2O4. The van der Waals surface area contributed by atoms with E-state index < -0.39 is 23.5 Å². The number of rotatable bonds is 4. The highest BCUT2D eigenvalue weighted by Crippen LogP contribution is 2.25. The number of carbonyl (C=O) groups is 2. The number of nitrogens with one attached hydrogen (secondary N) is 2. The van der Waals surface area contributed by atoms with Crippen molar-refractivity contribution in [1.82, 2.24) is 4.98 Å². The molecule has 0 spiro atoms. The molecule has 0 saturated heterocycles. The number of pyridine rings is 1. The molecule has 23 heavy (non-hydrogen) atoms. The summed E-state index contributed by atoms with van der Waals surface area (Å²) in [6.07, 6.45) is 0.270. The first-order chi connectivity index (χ1) is 10.9. The molecule has 0 aliphatic carbocycles. The van der Waals surface area contributed by atoms with Crippen LogP contribution in [0.25, 0.3) is 0 Å². The lowest BCUT2D eigenvalue weighted by molar-refractivity contribution is -0.123. The van der Waals surface area contributed by atoms with Gasteiger partial charge in [0.25, 0.3) is 11.5 Å². The Hall–Kier alpha value is -2.31. The molecule has 0 bridgehead atoms. The largest absolute Gasteiger partial charge is 0.449 e. The van der Waals surface area contributed by atoms with Crippen LogP contribution >= 0.6 is 23.2 Å². The lowest BCUT2D eigenvalue weighted by atomic mass is 10.2. The number of H-pyrrole nitrogens is 1. The van der Waals surface area contributed by atoms with Gasteiger partial charge in [0.05, 0.1) is 10.7 Å². The van der Waals surface area contributed by atoms with Gasteiger partial charge in [0.1, 0.15) is 5.56 Å². The van der Waals surface area contributed by atoms with Crippen molar-refractivity contribution in [1.29, 1.82) is 0 Å². The number of hydrogen-bond donors (Lipinski definition) is 2. The molecule has 1 aromatic carbocycles. The predicted octanol–water partition coefficient (Wildman–Crippen LogP) is 2.87. The van der Waals surface area contributed by atoms with Gasteiger partial charge in [-0.05, 0) is 37.3 Å². The van der Waals surface area contributed by atoms with Crippen molar-refractivity contribution in [2.24, 2.45) is 0 Å². The molecule has 8 heteroatoms. The maximum absolute atomic E-state index is 12.0. The summed E-state index contributed by atoms with van der Waals surface area (Å²) in [4.78, 5) is 37.8. The third-order valence-corrected chi connectivity index (χ3v) is 3.43. The minimum atomic E-state index is -1.12. The number of amides is 1. The fourth-order valence-electron chi connectivity index (χ4n) is 1.69. The Kier molecular flexibility index (Phi) is 5.41. The Morgan fingerprint density at radius 2 is 2.00 bits per heavy atom. The molecule has 2 rings (SSSR count). The van der Waals surface area contributed by atoms with Crippen molar-refractivity contribution in [3.05, 3.63) is 62.5 Å². The minimum absolute atomic E-state index is 0.184. The van der Waals surface area contributed by atoms with Crippen LogP contribution in [0.5, 0.6) is 0 Å². The zero-order valence-corrected chi connectivity index (χ0v) is 13.4. The average molecular weight is 355 g/mol. The van der Waals surface area contributed by atoms with E-state index in [9.17, 15) is 14.4 Å². The van der Waals surface area contributed by atoms with Crippen molar-refractivity contribution < 1.29 is 14.3 Å². The summed E-state index contributed by atoms with van der Waals surface area (Å²) >= 11 is 11.7. The van der Waals surface area contributed by atoms with Crippen molar-refractivity contribution in [3.63, 3.8) is 0 Å². The van der Waals surface area contributed by atoms with Gasteiger partial charge in [-0.3, -0.25) is 9.59 Å². The van der Waals surface area contributed by atoms with E-state index in [-0.39, 0.29) is 10.6 Å². The molecule has 0 aliphatic rings. The molecule has 0 radical (unpaired) electrons. The topological polar surface area (TPSA) is 88.3 Å². The van der Waals surface area contributed by atoms with Gasteiger partial charge in [-0.15, -0.1) is 0 Å². The lowest BCUT2D eigenvalue weighted by Crippen LogP contribution is -2.31. The van der Waals surface area contributed by atoms with Crippen LogP contribution in [0.3, 0.4) is 0 Å². The molecule has 1 aromatic heterocycles. The Balaban J connectivity index is 2.04. The molecular weight excluding hydrogens is 343 g/mol. The van der Waals surface area contributed by atoms with E-state index in [2.05, 4.69) is 10.3 Å². The van der Waals surface area contributed by atoms with Crippen LogP contribution in [-0.4, -0.2) is 23.0 Å². The molecule has 1 amide bonds. The number of esters is 1. The van der Waals surface area contributed by atoms with E-state index >= 15 is 0 Å². The van der Waals surface area contributed by atoms with E-state index in [0.29, 0.717) is 10.7 Å². The molecule has 0 fully saturated rings. The zero-order valence-electron chi connectivity index (χ0n) is 11.9. The molecule has 2 N–H and O–H groups in total. The average Bonchev–Trinajstić information content (AvgIpc) is 2.50. The minimum Gasteiger partial charge on any atom is -0.449 e. The summed E-state index contributed by atoms with van der Waals surface area (Å²) in [7, 11) is 0. The number of ether oxygens (including phenoxy) is 1. The zero-order chi connectivity index (χ0) is 17.0. The van der Waals surface area contributed by atoms with Crippen molar-refractivity contribution in [2.45, 2.75) is 13.0 Å². The normalized spacial score (nSPS) is 11.6. The van der Waals surface area contributed by atoms with Crippen LogP contribution in [-0.2, 0) is 9.53 Å². The van der Waals surface area contributed by atoms with Gasteiger partial charge in [0.2, 0.25) is 0 Å². The molecule has 6 nitrogen and oxygen atoms in total. The second-order valence-electron chi connectivity index (χ2n) is 4.57. The van der Waals surface area contributed by atoms with Gasteiger partial charge in [0.15, 0.2) is 6.10 Å². The van der Waals surface area contributed by atoms with Crippen LogP contribution in [0.1, 0.15) is 17.3 Å². The molecule has 0 saturated carbocycles. The van der Waals surface area contributed by atoms with E-state index in [0.717, 1.165) is 0 Å². The Morgan fingerprint density at radius 1 is 1.26 bits per heavy atom. The molecule has 0 unspecified atom stereocenters. The first-order valence-corrected chi connectivity index (χ1v) is 7.28. The standard InChI is InChI=1S/C15H12Cl2N2O4/c1-8(23-15(22)10-3-2-6-18-14(10)21)13(20)19-12-5-4-9(16)7-11(12)17/h2-8H,1H3,(H,18,21)(H,19,20)/t8-/m0/s1. The molecule has 1 heterocycles. The summed E-state index contributed by atoms with van der Waals surface area (Å²) in [5.41, 5.74) is -0.441. The maximum atomic E-state index is 12.0. The highest BCUT2D eigenvalue weighted by Gasteiger charge is 2.21. The van der Waals surface area contributed by atoms with Gasteiger partial charge in [-0.25, -0.2) is 4.79 Å². The third kappa shape index (κ3) is 4.34. The molecule has 2 aromatic rings. The maximum Gasteiger partial charge on any atom is 0.344 e. The van der Waals surface area contributed by atoms with Crippen LogP contribution in [0.4, 0.5) is 5.69 Å². The van der Waals surface area contributed by atoms with Crippen molar-refractivity contribution in [3.8, 4) is 0 Å². The lowest BCUT2D eigenvalue weighted by Gasteiger charge is -2.14. The smallest absolute Gasteiger partial charge is 0.344 e. The summed E-state index contributed by atoms with van der Waals surface area (Å²) in [5.74, 6) is -1.48. The van der Waals surface area contributed by atoms with Gasteiger partial charge >= 0.3 is 5.97 Å². The molecule has 120 valence electrons. The van der Waals surface area contributed by atoms with E-state index in [1.807, 2.05) is 0 Å². The second kappa shape index (κ2) is 7.30. The number of aromatic nitrogens is 1. The summed E-state index contributed by atoms with van der Waals surface area (Å²) in [6.45, 7) is 1.38. The fraction of sp³-hybridized carbons (Fsp3) is 0.133. The van der Waals surface area contributed by atoms with Gasteiger partial charge in [-0.1, -0.05) is 23.2 Å². The van der Waals surface area contributed by atoms with E-state index in [4.69, 9.17) is 27.9 Å². The molecule has 0 aliphatic heterocycles. The van der Waals surface area contributed by atoms with Gasteiger partial charge in [-0.2, -0.15) is 0 Å². The highest BCUT2D eigenvalue weighted by molar-refractivity contribution is 6.36. The predicted molar refractivity (Wildman–Crippen MR) is 87.0 cm³/mol. The summed E-state index contributed by atoms with van der Waals surface area (Å²) in [6, 6.07) is 7.35. The number of aromatic amines is 1. The quantitative estimate of drug-likeness (QED) is 0.826. The van der Waals surface area contributed by atoms with Crippen LogP contribution in [0.15, 0.2) is 41.3 Å². The number of benzene rings is 1. The van der Waals surface area contributed by atoms with Crippen molar-refractivity contribution in [2.75, 3.05) is 5.32 Å². The van der Waals surface area contributed by atoms with Crippen LogP contribution in [0.2, 0.25) is 10.0 Å². The number of halogens is 2. The second-order valence-corrected chi connectivity index (χ2v) is 5.42. The first kappa shape index (κ1) is 17.1. The Morgan fingerprint density at radius 3 is 2.65 bits per heavy atom. The van der Waals surface area contributed by atoms with E-state index in [1.165, 1.54) is 37.4 Å². The monoisotopic (exact) mass is 354 g/mol. The van der Waals surface area contributed by atoms with E-state index in [1.54, 1.807) is 6.07 Å². The van der Waals surface area contributed by atoms with Crippen molar-refractivity contribution >= 4 is 40.8 Å². The Bertz CT molecular complexity index is 804. The van der Waals surface area contributed by atoms with Gasteiger partial charge in [0, 0.05) is 11.2 Å². The SMILES string of the molecule is C[C@H](OC(=O)c1ccc[nH]c1=O)C(=O)Nc1ccc(Cl)cc1Cl. The first-order valence-electron chi connectivity index (χ1n) is 6.53. The number of anilines is 1. The number of carbonyl (C=O) groups excluding carboxylic acids is 2. The van der Waals surface area contributed by atoms with Crippen LogP contribution in [0, 0.1) is 0 Å². The highest BCUT2D eigenvalue weighted by atomic mass is 35.5. The summed E-state index contributed by atoms with van der Waals surface area (Å²) < 4.78 is 4.97. The number of hydrogen-bond acceptors (Lipinski definition) is 4. The Labute approximate surface area is 141 Å².